The van der Waals surface area contributed by atoms with E-state index in [0.717, 1.165) is 30.0 Å². The summed E-state index contributed by atoms with van der Waals surface area (Å²) in [5.74, 6) is 0.552. The zero-order chi connectivity index (χ0) is 15.2. The summed E-state index contributed by atoms with van der Waals surface area (Å²) >= 11 is 0. The highest BCUT2D eigenvalue weighted by Gasteiger charge is 2.08. The van der Waals surface area contributed by atoms with Gasteiger partial charge in [0.05, 0.1) is 6.10 Å². The fourth-order valence-corrected chi connectivity index (χ4v) is 2.18. The van der Waals surface area contributed by atoms with Crippen LogP contribution in [0.2, 0.25) is 0 Å². The van der Waals surface area contributed by atoms with Gasteiger partial charge in [0.2, 0.25) is 0 Å². The van der Waals surface area contributed by atoms with Gasteiger partial charge in [-0.25, -0.2) is 4.39 Å². The largest absolute Gasteiger partial charge is 0.491 e. The number of benzene rings is 2. The van der Waals surface area contributed by atoms with Crippen LogP contribution in [-0.4, -0.2) is 12.6 Å². The molecule has 0 radical (unpaired) electrons. The van der Waals surface area contributed by atoms with Crippen LogP contribution in [0.5, 0.6) is 5.75 Å². The lowest BCUT2D eigenvalue weighted by Gasteiger charge is -2.12. The van der Waals surface area contributed by atoms with Gasteiger partial charge in [0, 0.05) is 12.1 Å². The molecular formula is C18H22FNO. The van der Waals surface area contributed by atoms with Crippen LogP contribution in [0.1, 0.15) is 26.3 Å². The maximum absolute atomic E-state index is 14.1. The summed E-state index contributed by atoms with van der Waals surface area (Å²) in [6.45, 7) is 7.64. The van der Waals surface area contributed by atoms with E-state index < -0.39 is 0 Å². The Balaban J connectivity index is 2.31. The van der Waals surface area contributed by atoms with E-state index in [0.29, 0.717) is 5.56 Å². The summed E-state index contributed by atoms with van der Waals surface area (Å²) in [7, 11) is 0. The normalized spacial score (nSPS) is 10.9. The zero-order valence-electron chi connectivity index (χ0n) is 12.8. The first-order valence-corrected chi connectivity index (χ1v) is 7.36. The number of ether oxygens (including phenoxy) is 1. The van der Waals surface area contributed by atoms with Crippen molar-refractivity contribution in [2.45, 2.75) is 33.4 Å². The molecule has 2 rings (SSSR count). The van der Waals surface area contributed by atoms with Gasteiger partial charge in [-0.1, -0.05) is 25.1 Å². The molecule has 21 heavy (non-hydrogen) atoms. The van der Waals surface area contributed by atoms with Crippen LogP contribution in [0.25, 0.3) is 11.1 Å². The Kier molecular flexibility index (Phi) is 5.34. The predicted octanol–water partition coefficient (Wildman–Crippen LogP) is 4.39. The first-order chi connectivity index (χ1) is 10.1. The van der Waals surface area contributed by atoms with Gasteiger partial charge in [0.25, 0.3) is 0 Å². The van der Waals surface area contributed by atoms with Crippen LogP contribution < -0.4 is 10.1 Å². The van der Waals surface area contributed by atoms with Crippen molar-refractivity contribution in [2.75, 3.05) is 6.54 Å². The number of rotatable bonds is 6. The van der Waals surface area contributed by atoms with Crippen LogP contribution in [-0.2, 0) is 6.54 Å². The molecule has 0 heterocycles. The lowest BCUT2D eigenvalue weighted by atomic mass is 10.0. The predicted molar refractivity (Wildman–Crippen MR) is 85.0 cm³/mol. The molecule has 0 saturated carbocycles. The molecule has 0 aromatic heterocycles. The molecule has 112 valence electrons. The van der Waals surface area contributed by atoms with E-state index in [4.69, 9.17) is 4.74 Å². The zero-order valence-corrected chi connectivity index (χ0v) is 12.8. The van der Waals surface area contributed by atoms with E-state index in [2.05, 4.69) is 12.2 Å². The summed E-state index contributed by atoms with van der Waals surface area (Å²) in [5.41, 5.74) is 2.52. The number of hydrogen-bond donors (Lipinski definition) is 1. The molecule has 1 N–H and O–H groups in total. The van der Waals surface area contributed by atoms with Crippen molar-refractivity contribution in [1.82, 2.24) is 5.32 Å². The van der Waals surface area contributed by atoms with Gasteiger partial charge in [-0.3, -0.25) is 0 Å². The van der Waals surface area contributed by atoms with Crippen LogP contribution in [0.4, 0.5) is 4.39 Å². The van der Waals surface area contributed by atoms with Gasteiger partial charge in [0.1, 0.15) is 11.6 Å². The number of halogens is 1. The summed E-state index contributed by atoms with van der Waals surface area (Å²) in [6.07, 6.45) is 0.102. The number of hydrogen-bond acceptors (Lipinski definition) is 2. The minimum Gasteiger partial charge on any atom is -0.491 e. The Hall–Kier alpha value is -1.87. The Bertz CT molecular complexity index is 596. The molecule has 0 spiro atoms. The lowest BCUT2D eigenvalue weighted by Crippen LogP contribution is -2.11. The Morgan fingerprint density at radius 3 is 2.67 bits per heavy atom. The van der Waals surface area contributed by atoms with E-state index in [1.807, 2.05) is 50.2 Å². The van der Waals surface area contributed by atoms with Crippen molar-refractivity contribution >= 4 is 0 Å². The van der Waals surface area contributed by atoms with E-state index >= 15 is 0 Å². The molecule has 0 saturated heterocycles. The van der Waals surface area contributed by atoms with Crippen molar-refractivity contribution in [2.24, 2.45) is 0 Å². The van der Waals surface area contributed by atoms with Crippen LogP contribution in [0.15, 0.2) is 42.5 Å². The van der Waals surface area contributed by atoms with Crippen LogP contribution >= 0.6 is 0 Å². The summed E-state index contributed by atoms with van der Waals surface area (Å²) in [5, 5.41) is 3.25. The van der Waals surface area contributed by atoms with Gasteiger partial charge in [-0.15, -0.1) is 0 Å². The third-order valence-corrected chi connectivity index (χ3v) is 3.13. The fraction of sp³-hybridized carbons (Fsp3) is 0.333. The standard InChI is InChI=1S/C18H22FNO/c1-4-20-12-14-8-9-18(19)17(10-14)15-6-5-7-16(11-15)21-13(2)3/h5-11,13,20H,4,12H2,1-3H3. The molecule has 0 fully saturated rings. The van der Waals surface area contributed by atoms with Gasteiger partial charge < -0.3 is 10.1 Å². The van der Waals surface area contributed by atoms with E-state index in [-0.39, 0.29) is 11.9 Å². The van der Waals surface area contributed by atoms with E-state index in [1.165, 1.54) is 6.07 Å². The molecule has 0 atom stereocenters. The average molecular weight is 287 g/mol. The fourth-order valence-electron chi connectivity index (χ4n) is 2.18. The molecule has 3 heteroatoms. The van der Waals surface area contributed by atoms with E-state index in [1.54, 1.807) is 0 Å². The quantitative estimate of drug-likeness (QED) is 0.850. The third kappa shape index (κ3) is 4.30. The van der Waals surface area contributed by atoms with Crippen LogP contribution in [0.3, 0.4) is 0 Å². The van der Waals surface area contributed by atoms with Crippen molar-refractivity contribution < 1.29 is 9.13 Å². The summed E-state index contributed by atoms with van der Waals surface area (Å²) in [4.78, 5) is 0. The molecule has 2 nitrogen and oxygen atoms in total. The smallest absolute Gasteiger partial charge is 0.131 e. The molecular weight excluding hydrogens is 265 g/mol. The highest BCUT2D eigenvalue weighted by Crippen LogP contribution is 2.27. The first-order valence-electron chi connectivity index (χ1n) is 7.36. The second kappa shape index (κ2) is 7.23. The van der Waals surface area contributed by atoms with E-state index in [9.17, 15) is 4.39 Å². The topological polar surface area (TPSA) is 21.3 Å². The Morgan fingerprint density at radius 1 is 1.14 bits per heavy atom. The minimum atomic E-state index is -0.211. The molecule has 2 aromatic carbocycles. The molecule has 0 amide bonds. The third-order valence-electron chi connectivity index (χ3n) is 3.13. The Morgan fingerprint density at radius 2 is 1.95 bits per heavy atom. The second-order valence-corrected chi connectivity index (χ2v) is 5.29. The van der Waals surface area contributed by atoms with Gasteiger partial charge >= 0.3 is 0 Å². The van der Waals surface area contributed by atoms with Gasteiger partial charge in [-0.05, 0) is 55.8 Å². The molecule has 0 aliphatic rings. The monoisotopic (exact) mass is 287 g/mol. The number of nitrogens with one attached hydrogen (secondary N) is 1. The van der Waals surface area contributed by atoms with Crippen molar-refractivity contribution in [3.63, 3.8) is 0 Å². The molecule has 0 aliphatic carbocycles. The molecule has 0 unspecified atom stereocenters. The maximum atomic E-state index is 14.1. The summed E-state index contributed by atoms with van der Waals surface area (Å²) in [6, 6.07) is 12.8. The van der Waals surface area contributed by atoms with Crippen molar-refractivity contribution in [1.29, 1.82) is 0 Å². The maximum Gasteiger partial charge on any atom is 0.131 e. The van der Waals surface area contributed by atoms with Crippen molar-refractivity contribution in [3.8, 4) is 16.9 Å². The first kappa shape index (κ1) is 15.5. The molecule has 0 aliphatic heterocycles. The second-order valence-electron chi connectivity index (χ2n) is 5.29. The highest BCUT2D eigenvalue weighted by atomic mass is 19.1. The van der Waals surface area contributed by atoms with Gasteiger partial charge in [-0.2, -0.15) is 0 Å². The lowest BCUT2D eigenvalue weighted by molar-refractivity contribution is 0.242. The highest BCUT2D eigenvalue weighted by molar-refractivity contribution is 5.66. The average Bonchev–Trinajstić information content (AvgIpc) is 2.46. The van der Waals surface area contributed by atoms with Crippen LogP contribution in [0, 0.1) is 5.82 Å². The van der Waals surface area contributed by atoms with Gasteiger partial charge in [0.15, 0.2) is 0 Å². The molecule has 2 aromatic rings. The van der Waals surface area contributed by atoms with Crippen molar-refractivity contribution in [3.05, 3.63) is 53.8 Å². The SMILES string of the molecule is CCNCc1ccc(F)c(-c2cccc(OC(C)C)c2)c1. The minimum absolute atomic E-state index is 0.102. The molecule has 0 bridgehead atoms. The summed E-state index contributed by atoms with van der Waals surface area (Å²) < 4.78 is 19.8. The Labute approximate surface area is 126 Å².